The van der Waals surface area contributed by atoms with E-state index in [0.717, 1.165) is 12.1 Å². The highest BCUT2D eigenvalue weighted by atomic mass is 19.4. The molecule has 0 aliphatic heterocycles. The van der Waals surface area contributed by atoms with Gasteiger partial charge in [0.15, 0.2) is 5.65 Å². The summed E-state index contributed by atoms with van der Waals surface area (Å²) in [5.41, 5.74) is 0.0695. The van der Waals surface area contributed by atoms with E-state index in [1.165, 1.54) is 16.8 Å². The van der Waals surface area contributed by atoms with Crippen molar-refractivity contribution >= 4 is 11.0 Å². The number of aromatic amines is 1. The third-order valence-corrected chi connectivity index (χ3v) is 4.84. The molecule has 1 aromatic carbocycles. The number of nitrogens with one attached hydrogen (secondary N) is 1. The van der Waals surface area contributed by atoms with Crippen LogP contribution in [0.2, 0.25) is 0 Å². The average Bonchev–Trinajstić information content (AvgIpc) is 3.03. The van der Waals surface area contributed by atoms with Gasteiger partial charge in [0.25, 0.3) is 5.56 Å². The number of halogens is 3. The number of hydrogen-bond acceptors (Lipinski definition) is 5. The molecule has 0 spiro atoms. The van der Waals surface area contributed by atoms with Gasteiger partial charge in [-0.3, -0.25) is 4.79 Å². The molecule has 3 rings (SSSR count). The molecule has 1 unspecified atom stereocenters. The highest BCUT2D eigenvalue weighted by molar-refractivity contribution is 5.77. The van der Waals surface area contributed by atoms with Gasteiger partial charge in [0.1, 0.15) is 11.2 Å². The standard InChI is InChI=1S/C19H21F3N4O3/c1-10(13-3-5-14(6-4-13)19(20,21)22)26-17-16(18(29)24-11(2)23-17)15(25-26)7-12(8-27)9-28/h3-6,10,12,27-28H,7-9H2,1-2H3,(H,23,24,29). The molecule has 0 saturated carbocycles. The van der Waals surface area contributed by atoms with E-state index in [2.05, 4.69) is 15.1 Å². The smallest absolute Gasteiger partial charge is 0.396 e. The van der Waals surface area contributed by atoms with Crippen molar-refractivity contribution in [1.29, 1.82) is 0 Å². The third-order valence-electron chi connectivity index (χ3n) is 4.84. The fraction of sp³-hybridized carbons (Fsp3) is 0.421. The molecular weight excluding hydrogens is 389 g/mol. The van der Waals surface area contributed by atoms with Crippen molar-refractivity contribution < 1.29 is 23.4 Å². The number of alkyl halides is 3. The summed E-state index contributed by atoms with van der Waals surface area (Å²) in [6.45, 7) is 2.80. The van der Waals surface area contributed by atoms with E-state index in [0.29, 0.717) is 22.7 Å². The number of aliphatic hydroxyl groups is 2. The number of nitrogens with zero attached hydrogens (tertiary/aromatic N) is 3. The molecule has 10 heteroatoms. The minimum atomic E-state index is -4.43. The van der Waals surface area contributed by atoms with Crippen LogP contribution in [0, 0.1) is 12.8 Å². The first-order valence-electron chi connectivity index (χ1n) is 9.02. The second-order valence-electron chi connectivity index (χ2n) is 6.97. The molecule has 29 heavy (non-hydrogen) atoms. The van der Waals surface area contributed by atoms with Crippen molar-refractivity contribution in [2.24, 2.45) is 5.92 Å². The zero-order valence-corrected chi connectivity index (χ0v) is 15.9. The first kappa shape index (κ1) is 21.0. The SMILES string of the molecule is Cc1nc2c(c(CC(CO)CO)nn2C(C)c2ccc(C(F)(F)F)cc2)c(=O)[nH]1. The Balaban J connectivity index is 2.09. The van der Waals surface area contributed by atoms with Gasteiger partial charge >= 0.3 is 6.18 Å². The molecule has 3 N–H and O–H groups in total. The van der Waals surface area contributed by atoms with Gasteiger partial charge in [0.05, 0.1) is 17.3 Å². The van der Waals surface area contributed by atoms with Gasteiger partial charge in [0.2, 0.25) is 0 Å². The molecule has 2 heterocycles. The Morgan fingerprint density at radius 3 is 2.34 bits per heavy atom. The zero-order chi connectivity index (χ0) is 21.3. The molecule has 3 aromatic rings. The maximum atomic E-state index is 12.8. The Kier molecular flexibility index (Phi) is 5.76. The summed E-state index contributed by atoms with van der Waals surface area (Å²) in [5, 5.41) is 23.4. The molecule has 0 bridgehead atoms. The van der Waals surface area contributed by atoms with E-state index >= 15 is 0 Å². The number of fused-ring (bicyclic) bond motifs is 1. The molecular formula is C19H21F3N4O3. The van der Waals surface area contributed by atoms with Crippen molar-refractivity contribution in [2.45, 2.75) is 32.5 Å². The molecule has 7 nitrogen and oxygen atoms in total. The number of rotatable bonds is 6. The van der Waals surface area contributed by atoms with E-state index < -0.39 is 29.3 Å². The molecule has 0 amide bonds. The van der Waals surface area contributed by atoms with Gasteiger partial charge in [0, 0.05) is 19.1 Å². The van der Waals surface area contributed by atoms with Gasteiger partial charge < -0.3 is 15.2 Å². The van der Waals surface area contributed by atoms with Crippen molar-refractivity contribution in [1.82, 2.24) is 19.7 Å². The number of benzene rings is 1. The number of aryl methyl sites for hydroxylation is 1. The van der Waals surface area contributed by atoms with Crippen LogP contribution in [0.25, 0.3) is 11.0 Å². The fourth-order valence-corrected chi connectivity index (χ4v) is 3.19. The minimum absolute atomic E-state index is 0.157. The highest BCUT2D eigenvalue weighted by Gasteiger charge is 2.30. The molecule has 0 radical (unpaired) electrons. The van der Waals surface area contributed by atoms with Crippen LogP contribution >= 0.6 is 0 Å². The lowest BCUT2D eigenvalue weighted by Crippen LogP contribution is -2.16. The van der Waals surface area contributed by atoms with Crippen LogP contribution in [0.1, 0.15) is 35.6 Å². The van der Waals surface area contributed by atoms with E-state index in [1.807, 2.05) is 0 Å². The summed E-state index contributed by atoms with van der Waals surface area (Å²) in [6.07, 6.45) is -4.27. The maximum Gasteiger partial charge on any atom is 0.416 e. The number of aliphatic hydroxyl groups excluding tert-OH is 2. The Hall–Kier alpha value is -2.72. The first-order valence-corrected chi connectivity index (χ1v) is 9.02. The van der Waals surface area contributed by atoms with Crippen LogP contribution in [0.4, 0.5) is 13.2 Å². The molecule has 1 atom stereocenters. The first-order chi connectivity index (χ1) is 13.7. The van der Waals surface area contributed by atoms with Crippen molar-refractivity contribution in [3.8, 4) is 0 Å². The summed E-state index contributed by atoms with van der Waals surface area (Å²) in [7, 11) is 0. The van der Waals surface area contributed by atoms with E-state index in [9.17, 15) is 28.2 Å². The van der Waals surface area contributed by atoms with E-state index in [1.54, 1.807) is 13.8 Å². The molecule has 156 valence electrons. The van der Waals surface area contributed by atoms with Crippen molar-refractivity contribution in [3.05, 3.63) is 57.3 Å². The molecule has 0 fully saturated rings. The second-order valence-corrected chi connectivity index (χ2v) is 6.97. The van der Waals surface area contributed by atoms with E-state index in [-0.39, 0.29) is 25.0 Å². The number of H-pyrrole nitrogens is 1. The van der Waals surface area contributed by atoms with Crippen LogP contribution in [0.5, 0.6) is 0 Å². The van der Waals surface area contributed by atoms with Crippen molar-refractivity contribution in [2.75, 3.05) is 13.2 Å². The predicted molar refractivity (Wildman–Crippen MR) is 99.5 cm³/mol. The maximum absolute atomic E-state index is 12.8. The third kappa shape index (κ3) is 4.18. The molecule has 0 aliphatic carbocycles. The number of hydrogen-bond donors (Lipinski definition) is 3. The Morgan fingerprint density at radius 2 is 1.79 bits per heavy atom. The van der Waals surface area contributed by atoms with Crippen LogP contribution in [-0.2, 0) is 12.6 Å². The largest absolute Gasteiger partial charge is 0.416 e. The lowest BCUT2D eigenvalue weighted by Gasteiger charge is -2.15. The van der Waals surface area contributed by atoms with Crippen LogP contribution in [-0.4, -0.2) is 43.2 Å². The van der Waals surface area contributed by atoms with Gasteiger partial charge in [-0.2, -0.15) is 18.3 Å². The Bertz CT molecular complexity index is 1050. The summed E-state index contributed by atoms with van der Waals surface area (Å²) < 4.78 is 40.0. The summed E-state index contributed by atoms with van der Waals surface area (Å²) in [5.74, 6) is -0.126. The molecule has 2 aromatic heterocycles. The lowest BCUT2D eigenvalue weighted by atomic mass is 10.0. The molecule has 0 saturated heterocycles. The summed E-state index contributed by atoms with van der Waals surface area (Å²) in [6, 6.07) is 4.23. The molecule has 0 aliphatic rings. The average molecular weight is 410 g/mol. The topological polar surface area (TPSA) is 104 Å². The second kappa shape index (κ2) is 7.96. The Morgan fingerprint density at radius 1 is 1.17 bits per heavy atom. The van der Waals surface area contributed by atoms with Crippen LogP contribution in [0.15, 0.2) is 29.1 Å². The van der Waals surface area contributed by atoms with Gasteiger partial charge in [-0.15, -0.1) is 0 Å². The predicted octanol–water partition coefficient (Wildman–Crippen LogP) is 2.20. The number of aromatic nitrogens is 4. The Labute approximate surface area is 163 Å². The monoisotopic (exact) mass is 410 g/mol. The summed E-state index contributed by atoms with van der Waals surface area (Å²) in [4.78, 5) is 19.5. The van der Waals surface area contributed by atoms with Crippen molar-refractivity contribution in [3.63, 3.8) is 0 Å². The highest BCUT2D eigenvalue weighted by Crippen LogP contribution is 2.31. The van der Waals surface area contributed by atoms with Crippen LogP contribution in [0.3, 0.4) is 0 Å². The zero-order valence-electron chi connectivity index (χ0n) is 15.9. The quantitative estimate of drug-likeness (QED) is 0.578. The van der Waals surface area contributed by atoms with Gasteiger partial charge in [-0.05, 0) is 38.0 Å². The normalized spacial score (nSPS) is 13.4. The van der Waals surface area contributed by atoms with Crippen LogP contribution < -0.4 is 5.56 Å². The minimum Gasteiger partial charge on any atom is -0.396 e. The lowest BCUT2D eigenvalue weighted by molar-refractivity contribution is -0.137. The van der Waals surface area contributed by atoms with E-state index in [4.69, 9.17) is 0 Å². The van der Waals surface area contributed by atoms with Gasteiger partial charge in [-0.25, -0.2) is 9.67 Å². The fourth-order valence-electron chi connectivity index (χ4n) is 3.19. The van der Waals surface area contributed by atoms with Gasteiger partial charge in [-0.1, -0.05) is 12.1 Å². The summed E-state index contributed by atoms with van der Waals surface area (Å²) >= 11 is 0.